The van der Waals surface area contributed by atoms with Gasteiger partial charge in [0.25, 0.3) is 0 Å². The summed E-state index contributed by atoms with van der Waals surface area (Å²) in [4.78, 5) is 10.5. The highest BCUT2D eigenvalue weighted by Gasteiger charge is 2.25. The molecule has 0 bridgehead atoms. The predicted octanol–water partition coefficient (Wildman–Crippen LogP) is 12.7. The van der Waals surface area contributed by atoms with E-state index >= 15 is 0 Å². The molecule has 4 aromatic heterocycles. The summed E-state index contributed by atoms with van der Waals surface area (Å²) in [6.45, 7) is 6.08. The number of hydrogen-bond acceptors (Lipinski definition) is 3. The number of para-hydroxylation sites is 5. The van der Waals surface area contributed by atoms with E-state index in [-0.39, 0.29) is 0 Å². The van der Waals surface area contributed by atoms with Crippen LogP contribution in [0.5, 0.6) is 0 Å². The fourth-order valence-electron chi connectivity index (χ4n) is 9.59. The van der Waals surface area contributed by atoms with Gasteiger partial charge >= 0.3 is 0 Å². The standard InChI is InChI=1S/C52H37N7/c1-3-16-33(17-4-2)56-43-24-12-8-20-35(43)39-30-49-41(28-47(39)56)37-22-10-14-26-45(37)58(49)51-53-32-54-52(55-51)59-46-27-15-11-23-38(46)42-29-48-40(31-50(42)59)36-21-9-13-25-44(36)57(48)34-18-6-5-7-19-34/h3-32,52H,1H2,2H3,(H,53,54,55)/b17-4-,33-16+. The first-order valence-corrected chi connectivity index (χ1v) is 20.0. The van der Waals surface area contributed by atoms with Gasteiger partial charge in [-0.3, -0.25) is 4.57 Å². The number of aliphatic imine (C=N–C) groups is 2. The molecule has 1 unspecified atom stereocenters. The third kappa shape index (κ3) is 4.76. The SMILES string of the molecule is C=C/C=C(\C=C/C)n1c2ccccc2c2cc3c(cc21)c1ccccc1n3C1=NC(n2c3ccccc3c3cc4c(cc32)c2ccccc2n4-c2ccccc2)NC=N1. The summed E-state index contributed by atoms with van der Waals surface area (Å²) in [6.07, 6.45) is 9.49. The van der Waals surface area contributed by atoms with E-state index < -0.39 is 6.29 Å². The predicted molar refractivity (Wildman–Crippen MR) is 249 cm³/mol. The van der Waals surface area contributed by atoms with Crippen molar-refractivity contribution in [1.82, 2.24) is 23.6 Å². The molecule has 7 heteroatoms. The molecule has 59 heavy (non-hydrogen) atoms. The van der Waals surface area contributed by atoms with Gasteiger partial charge in [0, 0.05) is 54.5 Å². The van der Waals surface area contributed by atoms with Crippen LogP contribution in [0.1, 0.15) is 13.2 Å². The van der Waals surface area contributed by atoms with Gasteiger partial charge < -0.3 is 19.0 Å². The van der Waals surface area contributed by atoms with E-state index in [4.69, 9.17) is 9.98 Å². The van der Waals surface area contributed by atoms with Crippen LogP contribution >= 0.6 is 0 Å². The molecule has 0 saturated carbocycles. The number of nitrogens with one attached hydrogen (secondary N) is 1. The van der Waals surface area contributed by atoms with Gasteiger partial charge in [-0.1, -0.05) is 110 Å². The third-order valence-corrected chi connectivity index (χ3v) is 12.0. The van der Waals surface area contributed by atoms with Gasteiger partial charge in [-0.25, -0.2) is 9.98 Å². The molecule has 0 aliphatic carbocycles. The van der Waals surface area contributed by atoms with Crippen molar-refractivity contribution >= 4 is 105 Å². The van der Waals surface area contributed by atoms with E-state index in [0.717, 1.165) is 60.6 Å². The first kappa shape index (κ1) is 33.3. The Bertz CT molecular complexity index is 3670. The molecule has 280 valence electrons. The largest absolute Gasteiger partial charge is 0.337 e. The molecule has 0 fully saturated rings. The molecule has 5 heterocycles. The zero-order chi connectivity index (χ0) is 39.2. The summed E-state index contributed by atoms with van der Waals surface area (Å²) in [5.74, 6) is 0.622. The second-order valence-corrected chi connectivity index (χ2v) is 15.1. The van der Waals surface area contributed by atoms with E-state index in [1.807, 2.05) is 12.4 Å². The van der Waals surface area contributed by atoms with Crippen molar-refractivity contribution in [2.45, 2.75) is 13.2 Å². The Hall–Kier alpha value is -7.90. The number of benzene rings is 7. The van der Waals surface area contributed by atoms with E-state index in [1.165, 1.54) is 38.0 Å². The van der Waals surface area contributed by atoms with Crippen LogP contribution in [0.4, 0.5) is 0 Å². The Balaban J connectivity index is 1.11. The van der Waals surface area contributed by atoms with Gasteiger partial charge in [0.15, 0.2) is 0 Å². The molecule has 0 radical (unpaired) electrons. The summed E-state index contributed by atoms with van der Waals surface area (Å²) in [5, 5.41) is 12.9. The molecule has 0 amide bonds. The Labute approximate surface area is 339 Å². The summed E-state index contributed by atoms with van der Waals surface area (Å²) >= 11 is 0. The summed E-state index contributed by atoms with van der Waals surface area (Å²) in [5.41, 5.74) is 11.1. The van der Waals surface area contributed by atoms with Gasteiger partial charge in [-0.2, -0.15) is 0 Å². The molecule has 1 aliphatic rings. The van der Waals surface area contributed by atoms with Gasteiger partial charge in [-0.05, 0) is 79.7 Å². The van der Waals surface area contributed by atoms with Crippen LogP contribution < -0.4 is 5.32 Å². The van der Waals surface area contributed by atoms with Gasteiger partial charge in [-0.15, -0.1) is 0 Å². The zero-order valence-corrected chi connectivity index (χ0v) is 32.3. The summed E-state index contributed by atoms with van der Waals surface area (Å²) in [7, 11) is 0. The second kappa shape index (κ2) is 12.8. The lowest BCUT2D eigenvalue weighted by atomic mass is 10.1. The lowest BCUT2D eigenvalue weighted by Gasteiger charge is -2.22. The highest BCUT2D eigenvalue weighted by atomic mass is 15.4. The van der Waals surface area contributed by atoms with E-state index in [0.29, 0.717) is 5.96 Å². The molecular weight excluding hydrogens is 723 g/mol. The summed E-state index contributed by atoms with van der Waals surface area (Å²) in [6, 6.07) is 54.5. The minimum absolute atomic E-state index is 0.459. The molecule has 1 atom stereocenters. The molecule has 7 nitrogen and oxygen atoms in total. The number of rotatable bonds is 5. The molecule has 0 spiro atoms. The molecule has 1 N–H and O–H groups in total. The van der Waals surface area contributed by atoms with Crippen LogP contribution in [0.3, 0.4) is 0 Å². The molecule has 0 saturated heterocycles. The van der Waals surface area contributed by atoms with Gasteiger partial charge in [0.1, 0.15) is 0 Å². The number of hydrogen-bond donors (Lipinski definition) is 1. The maximum atomic E-state index is 5.48. The quantitative estimate of drug-likeness (QED) is 0.175. The lowest BCUT2D eigenvalue weighted by molar-refractivity contribution is 0.519. The normalized spacial score (nSPS) is 15.0. The van der Waals surface area contributed by atoms with Crippen molar-refractivity contribution in [3.05, 3.63) is 183 Å². The topological polar surface area (TPSA) is 56.5 Å². The van der Waals surface area contributed by atoms with Crippen LogP contribution in [0.15, 0.2) is 193 Å². The number of aromatic nitrogens is 4. The first-order chi connectivity index (χ1) is 29.2. The summed E-state index contributed by atoms with van der Waals surface area (Å²) < 4.78 is 9.28. The average molecular weight is 760 g/mol. The van der Waals surface area contributed by atoms with Crippen LogP contribution in [0.2, 0.25) is 0 Å². The van der Waals surface area contributed by atoms with Crippen molar-refractivity contribution in [2.75, 3.05) is 0 Å². The highest BCUT2D eigenvalue weighted by Crippen LogP contribution is 2.41. The van der Waals surface area contributed by atoms with Crippen molar-refractivity contribution in [3.63, 3.8) is 0 Å². The highest BCUT2D eigenvalue weighted by molar-refractivity contribution is 6.22. The van der Waals surface area contributed by atoms with Crippen molar-refractivity contribution in [1.29, 1.82) is 0 Å². The number of fused-ring (bicyclic) bond motifs is 12. The molecule has 12 rings (SSSR count). The van der Waals surface area contributed by atoms with E-state index in [9.17, 15) is 0 Å². The Morgan fingerprint density at radius 2 is 1.05 bits per heavy atom. The fraction of sp³-hybridized carbons (Fsp3) is 0.0385. The molecule has 11 aromatic rings. The monoisotopic (exact) mass is 759 g/mol. The average Bonchev–Trinajstić information content (AvgIpc) is 3.99. The van der Waals surface area contributed by atoms with E-state index in [1.54, 1.807) is 0 Å². The fourth-order valence-corrected chi connectivity index (χ4v) is 9.59. The van der Waals surface area contributed by atoms with Crippen LogP contribution in [-0.4, -0.2) is 30.6 Å². The first-order valence-electron chi connectivity index (χ1n) is 20.0. The number of allylic oxidation sites excluding steroid dienone is 5. The number of nitrogens with zero attached hydrogens (tertiary/aromatic N) is 6. The lowest BCUT2D eigenvalue weighted by Crippen LogP contribution is -2.30. The van der Waals surface area contributed by atoms with Gasteiger partial charge in [0.2, 0.25) is 12.2 Å². The van der Waals surface area contributed by atoms with Crippen molar-refractivity contribution in [2.24, 2.45) is 9.98 Å². The Morgan fingerprint density at radius 1 is 0.542 bits per heavy atom. The van der Waals surface area contributed by atoms with E-state index in [2.05, 4.69) is 207 Å². The minimum atomic E-state index is -0.459. The van der Waals surface area contributed by atoms with Gasteiger partial charge in [0.05, 0.1) is 50.5 Å². The maximum absolute atomic E-state index is 5.48. The van der Waals surface area contributed by atoms with Crippen LogP contribution in [-0.2, 0) is 0 Å². The van der Waals surface area contributed by atoms with Crippen molar-refractivity contribution in [3.8, 4) is 5.69 Å². The zero-order valence-electron chi connectivity index (χ0n) is 32.3. The van der Waals surface area contributed by atoms with Crippen molar-refractivity contribution < 1.29 is 0 Å². The second-order valence-electron chi connectivity index (χ2n) is 15.1. The van der Waals surface area contributed by atoms with Crippen LogP contribution in [0, 0.1) is 0 Å². The Morgan fingerprint density at radius 3 is 1.73 bits per heavy atom. The third-order valence-electron chi connectivity index (χ3n) is 12.0. The smallest absolute Gasteiger partial charge is 0.235 e. The molecular formula is C52H37N7. The molecule has 7 aromatic carbocycles. The van der Waals surface area contributed by atoms with Crippen LogP contribution in [0.25, 0.3) is 98.6 Å². The maximum Gasteiger partial charge on any atom is 0.235 e. The minimum Gasteiger partial charge on any atom is -0.337 e. The Kier molecular flexibility index (Phi) is 7.22. The molecule has 1 aliphatic heterocycles.